The number of carbonyl (C=O) groups is 1. The Kier molecular flexibility index (Phi) is 4.11. The summed E-state index contributed by atoms with van der Waals surface area (Å²) in [4.78, 5) is 11.0. The largest absolute Gasteiger partial charge is 0.385 e. The van der Waals surface area contributed by atoms with Gasteiger partial charge >= 0.3 is 0 Å². The molecule has 0 heterocycles. The van der Waals surface area contributed by atoms with E-state index >= 15 is 0 Å². The maximum atomic E-state index is 11.8. The number of rotatable bonds is 5. The Balaban J connectivity index is 2.59. The first-order valence-electron chi connectivity index (χ1n) is 4.65. The fourth-order valence-corrected chi connectivity index (χ4v) is 1.15. The van der Waals surface area contributed by atoms with Gasteiger partial charge in [0.1, 0.15) is 0 Å². The van der Waals surface area contributed by atoms with Crippen molar-refractivity contribution < 1.29 is 9.18 Å². The number of benzene rings is 1. The second-order valence-corrected chi connectivity index (χ2v) is 3.11. The smallest absolute Gasteiger partial charge is 0.159 e. The molecule has 0 unspecified atom stereocenters. The van der Waals surface area contributed by atoms with Crippen LogP contribution in [0, 0.1) is 0 Å². The number of hydrogen-bond donors (Lipinski definition) is 1. The number of alkyl halides is 1. The van der Waals surface area contributed by atoms with Crippen LogP contribution in [0.25, 0.3) is 0 Å². The monoisotopic (exact) mass is 195 g/mol. The number of nitrogens with one attached hydrogen (secondary N) is 1. The van der Waals surface area contributed by atoms with Crippen molar-refractivity contribution in [3.8, 4) is 0 Å². The Bertz CT molecular complexity index is 312. The summed E-state index contributed by atoms with van der Waals surface area (Å²) in [5.41, 5.74) is 1.54. The predicted molar refractivity (Wildman–Crippen MR) is 55.5 cm³/mol. The SMILES string of the molecule is CC(=O)c1cccc(NCCCF)c1. The van der Waals surface area contributed by atoms with Crippen LogP contribution in [0.3, 0.4) is 0 Å². The van der Waals surface area contributed by atoms with Gasteiger partial charge in [-0.25, -0.2) is 0 Å². The van der Waals surface area contributed by atoms with Crippen LogP contribution in [0.4, 0.5) is 10.1 Å². The van der Waals surface area contributed by atoms with Crippen molar-refractivity contribution in [3.63, 3.8) is 0 Å². The Labute approximate surface area is 83.1 Å². The zero-order chi connectivity index (χ0) is 10.4. The lowest BCUT2D eigenvalue weighted by Gasteiger charge is -2.05. The second-order valence-electron chi connectivity index (χ2n) is 3.11. The van der Waals surface area contributed by atoms with Crippen LogP contribution >= 0.6 is 0 Å². The third-order valence-electron chi connectivity index (χ3n) is 1.91. The fourth-order valence-electron chi connectivity index (χ4n) is 1.15. The van der Waals surface area contributed by atoms with Crippen molar-refractivity contribution in [1.82, 2.24) is 0 Å². The van der Waals surface area contributed by atoms with Gasteiger partial charge in [0.05, 0.1) is 6.67 Å². The molecule has 1 aromatic rings. The van der Waals surface area contributed by atoms with E-state index in [4.69, 9.17) is 0 Å². The molecule has 0 saturated heterocycles. The van der Waals surface area contributed by atoms with Crippen LogP contribution in [-0.2, 0) is 0 Å². The fraction of sp³-hybridized carbons (Fsp3) is 0.364. The molecule has 0 aliphatic heterocycles. The summed E-state index contributed by atoms with van der Waals surface area (Å²) >= 11 is 0. The van der Waals surface area contributed by atoms with Gasteiger partial charge in [-0.05, 0) is 25.5 Å². The molecule has 0 aliphatic rings. The van der Waals surface area contributed by atoms with Gasteiger partial charge in [-0.1, -0.05) is 12.1 Å². The molecule has 3 heteroatoms. The average Bonchev–Trinajstić information content (AvgIpc) is 2.19. The normalized spacial score (nSPS) is 9.86. The molecule has 0 fully saturated rings. The van der Waals surface area contributed by atoms with Gasteiger partial charge in [0.15, 0.2) is 5.78 Å². The van der Waals surface area contributed by atoms with Gasteiger partial charge in [0, 0.05) is 17.8 Å². The zero-order valence-electron chi connectivity index (χ0n) is 8.22. The second kappa shape index (κ2) is 5.37. The summed E-state index contributed by atoms with van der Waals surface area (Å²) < 4.78 is 11.8. The molecule has 14 heavy (non-hydrogen) atoms. The van der Waals surface area contributed by atoms with Gasteiger partial charge < -0.3 is 5.32 Å². The highest BCUT2D eigenvalue weighted by Crippen LogP contribution is 2.10. The summed E-state index contributed by atoms with van der Waals surface area (Å²) in [5.74, 6) is 0.0409. The van der Waals surface area contributed by atoms with E-state index in [-0.39, 0.29) is 12.5 Å². The summed E-state index contributed by atoms with van der Waals surface area (Å²) in [6, 6.07) is 7.22. The topological polar surface area (TPSA) is 29.1 Å². The lowest BCUT2D eigenvalue weighted by molar-refractivity contribution is 0.101. The van der Waals surface area contributed by atoms with Crippen LogP contribution < -0.4 is 5.32 Å². The van der Waals surface area contributed by atoms with E-state index in [1.807, 2.05) is 12.1 Å². The molecular weight excluding hydrogens is 181 g/mol. The number of halogens is 1. The first-order chi connectivity index (χ1) is 6.74. The van der Waals surface area contributed by atoms with Gasteiger partial charge in [0.2, 0.25) is 0 Å². The zero-order valence-corrected chi connectivity index (χ0v) is 8.22. The lowest BCUT2D eigenvalue weighted by Crippen LogP contribution is -2.03. The Morgan fingerprint density at radius 1 is 1.50 bits per heavy atom. The standard InChI is InChI=1S/C11H14FNO/c1-9(14)10-4-2-5-11(8-10)13-7-3-6-12/h2,4-5,8,13H,3,6-7H2,1H3. The van der Waals surface area contributed by atoms with E-state index in [9.17, 15) is 9.18 Å². The van der Waals surface area contributed by atoms with Crippen LogP contribution in [0.2, 0.25) is 0 Å². The number of hydrogen-bond acceptors (Lipinski definition) is 2. The molecule has 2 nitrogen and oxygen atoms in total. The van der Waals surface area contributed by atoms with E-state index < -0.39 is 0 Å². The van der Waals surface area contributed by atoms with Gasteiger partial charge in [-0.2, -0.15) is 0 Å². The van der Waals surface area contributed by atoms with Crippen LogP contribution in [0.5, 0.6) is 0 Å². The van der Waals surface area contributed by atoms with Crippen molar-refractivity contribution in [1.29, 1.82) is 0 Å². The summed E-state index contributed by atoms with van der Waals surface area (Å²) in [5, 5.41) is 3.05. The summed E-state index contributed by atoms with van der Waals surface area (Å²) in [6.45, 7) is 1.80. The minimum atomic E-state index is -0.320. The average molecular weight is 195 g/mol. The number of ketones is 1. The van der Waals surface area contributed by atoms with Crippen LogP contribution in [0.1, 0.15) is 23.7 Å². The van der Waals surface area contributed by atoms with Gasteiger partial charge in [0.25, 0.3) is 0 Å². The number of Topliss-reactive ketones (excluding diaryl/α,β-unsaturated/α-hetero) is 1. The molecule has 0 amide bonds. The van der Waals surface area contributed by atoms with Crippen LogP contribution in [0.15, 0.2) is 24.3 Å². The molecule has 0 saturated carbocycles. The minimum Gasteiger partial charge on any atom is -0.385 e. The molecule has 76 valence electrons. The third-order valence-corrected chi connectivity index (χ3v) is 1.91. The third kappa shape index (κ3) is 3.17. The highest BCUT2D eigenvalue weighted by Gasteiger charge is 1.99. The minimum absolute atomic E-state index is 0.0409. The summed E-state index contributed by atoms with van der Waals surface area (Å²) in [6.07, 6.45) is 0.490. The van der Waals surface area contributed by atoms with E-state index in [0.29, 0.717) is 18.5 Å². The van der Waals surface area contributed by atoms with Crippen molar-refractivity contribution in [2.45, 2.75) is 13.3 Å². The first kappa shape index (κ1) is 10.7. The van der Waals surface area contributed by atoms with E-state index in [2.05, 4.69) is 5.32 Å². The lowest BCUT2D eigenvalue weighted by atomic mass is 10.1. The molecule has 0 radical (unpaired) electrons. The van der Waals surface area contributed by atoms with Crippen molar-refractivity contribution >= 4 is 11.5 Å². The molecule has 0 aliphatic carbocycles. The van der Waals surface area contributed by atoms with Crippen molar-refractivity contribution in [3.05, 3.63) is 29.8 Å². The Hall–Kier alpha value is -1.38. The maximum Gasteiger partial charge on any atom is 0.159 e. The number of carbonyl (C=O) groups excluding carboxylic acids is 1. The molecule has 0 aromatic heterocycles. The van der Waals surface area contributed by atoms with Crippen molar-refractivity contribution in [2.75, 3.05) is 18.5 Å². The van der Waals surface area contributed by atoms with Gasteiger partial charge in [-0.15, -0.1) is 0 Å². The van der Waals surface area contributed by atoms with E-state index in [1.165, 1.54) is 6.92 Å². The Morgan fingerprint density at radius 3 is 2.93 bits per heavy atom. The molecule has 0 spiro atoms. The Morgan fingerprint density at radius 2 is 2.29 bits per heavy atom. The first-order valence-corrected chi connectivity index (χ1v) is 4.65. The number of anilines is 1. The highest BCUT2D eigenvalue weighted by atomic mass is 19.1. The molecule has 1 aromatic carbocycles. The summed E-state index contributed by atoms with van der Waals surface area (Å²) in [7, 11) is 0. The van der Waals surface area contributed by atoms with Gasteiger partial charge in [-0.3, -0.25) is 9.18 Å². The van der Waals surface area contributed by atoms with Crippen molar-refractivity contribution in [2.24, 2.45) is 0 Å². The molecule has 1 rings (SSSR count). The quantitative estimate of drug-likeness (QED) is 0.578. The molecular formula is C11H14FNO. The molecule has 0 bridgehead atoms. The molecule has 1 N–H and O–H groups in total. The molecule has 0 atom stereocenters. The van der Waals surface area contributed by atoms with E-state index in [0.717, 1.165) is 5.69 Å². The predicted octanol–water partition coefficient (Wildman–Crippen LogP) is 2.66. The van der Waals surface area contributed by atoms with E-state index in [1.54, 1.807) is 12.1 Å². The van der Waals surface area contributed by atoms with Crippen LogP contribution in [-0.4, -0.2) is 19.0 Å². The highest BCUT2D eigenvalue weighted by molar-refractivity contribution is 5.94. The maximum absolute atomic E-state index is 11.8.